The van der Waals surface area contributed by atoms with Crippen LogP contribution in [-0.4, -0.2) is 42.1 Å². The molecule has 1 N–H and O–H groups in total. The Labute approximate surface area is 124 Å². The van der Waals surface area contributed by atoms with Crippen LogP contribution in [0, 0.1) is 11.8 Å². The van der Waals surface area contributed by atoms with Crippen molar-refractivity contribution in [3.63, 3.8) is 0 Å². The molecule has 0 radical (unpaired) electrons. The maximum atomic E-state index is 12.6. The molecule has 0 aromatic heterocycles. The summed E-state index contributed by atoms with van der Waals surface area (Å²) in [6.07, 6.45) is 0.628. The van der Waals surface area contributed by atoms with E-state index >= 15 is 0 Å². The first-order valence-corrected chi connectivity index (χ1v) is 7.11. The standard InChI is InChI=1S/C16H21NO4/c1-11-6-14(16(19)20)9-17(8-11)15(18)13-5-3-4-12(7-13)10-21-2/h3-5,7,11,14H,6,8-10H2,1-2H3,(H,19,20). The Morgan fingerprint density at radius 3 is 2.81 bits per heavy atom. The van der Waals surface area contributed by atoms with Crippen molar-refractivity contribution in [2.45, 2.75) is 20.0 Å². The minimum absolute atomic E-state index is 0.106. The summed E-state index contributed by atoms with van der Waals surface area (Å²) in [4.78, 5) is 25.4. The minimum atomic E-state index is -0.826. The molecule has 0 spiro atoms. The molecule has 1 aromatic carbocycles. The van der Waals surface area contributed by atoms with Gasteiger partial charge >= 0.3 is 5.97 Å². The van der Waals surface area contributed by atoms with Crippen molar-refractivity contribution in [3.8, 4) is 0 Å². The second-order valence-electron chi connectivity index (χ2n) is 5.72. The molecule has 1 aromatic rings. The zero-order valence-electron chi connectivity index (χ0n) is 12.4. The van der Waals surface area contributed by atoms with E-state index < -0.39 is 11.9 Å². The van der Waals surface area contributed by atoms with Crippen LogP contribution < -0.4 is 0 Å². The Bertz CT molecular complexity index is 529. The van der Waals surface area contributed by atoms with Crippen LogP contribution in [0.15, 0.2) is 24.3 Å². The van der Waals surface area contributed by atoms with Gasteiger partial charge in [0, 0.05) is 25.8 Å². The summed E-state index contributed by atoms with van der Waals surface area (Å²) >= 11 is 0. The molecular weight excluding hydrogens is 270 g/mol. The number of amides is 1. The highest BCUT2D eigenvalue weighted by Crippen LogP contribution is 2.23. The van der Waals surface area contributed by atoms with E-state index in [1.54, 1.807) is 24.1 Å². The highest BCUT2D eigenvalue weighted by Gasteiger charge is 2.32. The maximum absolute atomic E-state index is 12.6. The number of carboxylic acid groups (broad SMARTS) is 1. The maximum Gasteiger partial charge on any atom is 0.308 e. The van der Waals surface area contributed by atoms with Crippen LogP contribution in [0.1, 0.15) is 29.3 Å². The first-order chi connectivity index (χ1) is 10.0. The van der Waals surface area contributed by atoms with Crippen molar-refractivity contribution >= 4 is 11.9 Å². The third-order valence-electron chi connectivity index (χ3n) is 3.78. The molecule has 2 atom stereocenters. The highest BCUT2D eigenvalue weighted by atomic mass is 16.5. The third-order valence-corrected chi connectivity index (χ3v) is 3.78. The number of ether oxygens (including phenoxy) is 1. The van der Waals surface area contributed by atoms with E-state index in [4.69, 9.17) is 4.74 Å². The van der Waals surface area contributed by atoms with E-state index in [1.807, 2.05) is 19.1 Å². The molecule has 2 rings (SSSR count). The predicted octanol–water partition coefficient (Wildman–Crippen LogP) is 2.02. The number of likely N-dealkylation sites (tertiary alicyclic amines) is 1. The van der Waals surface area contributed by atoms with Gasteiger partial charge in [-0.3, -0.25) is 9.59 Å². The van der Waals surface area contributed by atoms with Crippen molar-refractivity contribution in [1.82, 2.24) is 4.90 Å². The lowest BCUT2D eigenvalue weighted by Crippen LogP contribution is -2.45. The zero-order chi connectivity index (χ0) is 15.4. The van der Waals surface area contributed by atoms with Gasteiger partial charge in [0.05, 0.1) is 12.5 Å². The average molecular weight is 291 g/mol. The molecule has 0 saturated carbocycles. The molecule has 2 unspecified atom stereocenters. The summed E-state index contributed by atoms with van der Waals surface area (Å²) in [5, 5.41) is 9.19. The average Bonchev–Trinajstić information content (AvgIpc) is 2.46. The van der Waals surface area contributed by atoms with Crippen molar-refractivity contribution in [2.75, 3.05) is 20.2 Å². The van der Waals surface area contributed by atoms with Gasteiger partial charge in [-0.15, -0.1) is 0 Å². The number of carbonyl (C=O) groups is 2. The molecule has 21 heavy (non-hydrogen) atoms. The number of piperidine rings is 1. The molecule has 1 heterocycles. The quantitative estimate of drug-likeness (QED) is 0.921. The molecule has 1 fully saturated rings. The number of nitrogens with zero attached hydrogens (tertiary/aromatic N) is 1. The van der Waals surface area contributed by atoms with E-state index in [2.05, 4.69) is 0 Å². The van der Waals surface area contributed by atoms with Gasteiger partial charge < -0.3 is 14.7 Å². The fourth-order valence-corrected chi connectivity index (χ4v) is 2.84. The van der Waals surface area contributed by atoms with Gasteiger partial charge in [0.2, 0.25) is 0 Å². The molecule has 1 aliphatic rings. The van der Waals surface area contributed by atoms with Crippen LogP contribution in [-0.2, 0) is 16.1 Å². The van der Waals surface area contributed by atoms with Crippen LogP contribution in [0.3, 0.4) is 0 Å². The van der Waals surface area contributed by atoms with Crippen molar-refractivity contribution < 1.29 is 19.4 Å². The number of hydrogen-bond acceptors (Lipinski definition) is 3. The summed E-state index contributed by atoms with van der Waals surface area (Å²) in [5.41, 5.74) is 1.52. The fourth-order valence-electron chi connectivity index (χ4n) is 2.84. The van der Waals surface area contributed by atoms with E-state index in [0.717, 1.165) is 5.56 Å². The van der Waals surface area contributed by atoms with E-state index in [-0.39, 0.29) is 18.4 Å². The first-order valence-electron chi connectivity index (χ1n) is 7.11. The van der Waals surface area contributed by atoms with E-state index in [0.29, 0.717) is 25.1 Å². The second kappa shape index (κ2) is 6.72. The van der Waals surface area contributed by atoms with Crippen LogP contribution >= 0.6 is 0 Å². The second-order valence-corrected chi connectivity index (χ2v) is 5.72. The Hall–Kier alpha value is -1.88. The van der Waals surface area contributed by atoms with Crippen molar-refractivity contribution in [1.29, 1.82) is 0 Å². The Kier molecular flexibility index (Phi) is 4.96. The van der Waals surface area contributed by atoms with Gasteiger partial charge in [-0.2, -0.15) is 0 Å². The number of carboxylic acids is 1. The molecule has 1 amide bonds. The number of benzene rings is 1. The molecule has 5 nitrogen and oxygen atoms in total. The third kappa shape index (κ3) is 3.82. The summed E-state index contributed by atoms with van der Waals surface area (Å²) < 4.78 is 5.07. The Morgan fingerprint density at radius 1 is 1.38 bits per heavy atom. The number of aliphatic carboxylic acids is 1. The van der Waals surface area contributed by atoms with E-state index in [9.17, 15) is 14.7 Å². The number of carbonyl (C=O) groups excluding carboxylic acids is 1. The van der Waals surface area contributed by atoms with Gasteiger partial charge in [-0.25, -0.2) is 0 Å². The summed E-state index contributed by atoms with van der Waals surface area (Å²) in [7, 11) is 1.61. The topological polar surface area (TPSA) is 66.8 Å². The summed E-state index contributed by atoms with van der Waals surface area (Å²) in [6.45, 7) is 3.33. The van der Waals surface area contributed by atoms with E-state index in [1.165, 1.54) is 0 Å². The first kappa shape index (κ1) is 15.5. The van der Waals surface area contributed by atoms with Gasteiger partial charge in [0.1, 0.15) is 0 Å². The van der Waals surface area contributed by atoms with Gasteiger partial charge in [-0.1, -0.05) is 19.1 Å². The number of methoxy groups -OCH3 is 1. The zero-order valence-corrected chi connectivity index (χ0v) is 12.4. The smallest absolute Gasteiger partial charge is 0.308 e. The van der Waals surface area contributed by atoms with Crippen LogP contribution in [0.2, 0.25) is 0 Å². The normalized spacial score (nSPS) is 22.1. The summed E-state index contributed by atoms with van der Waals surface area (Å²) in [5.74, 6) is -1.20. The monoisotopic (exact) mass is 291 g/mol. The van der Waals surface area contributed by atoms with Gasteiger partial charge in [0.15, 0.2) is 0 Å². The van der Waals surface area contributed by atoms with Crippen LogP contribution in [0.4, 0.5) is 0 Å². The lowest BCUT2D eigenvalue weighted by atomic mass is 9.90. The van der Waals surface area contributed by atoms with Crippen molar-refractivity contribution in [3.05, 3.63) is 35.4 Å². The molecule has 0 bridgehead atoms. The molecule has 5 heteroatoms. The predicted molar refractivity (Wildman–Crippen MR) is 78.0 cm³/mol. The SMILES string of the molecule is COCc1cccc(C(=O)N2CC(C)CC(C(=O)O)C2)c1. The lowest BCUT2D eigenvalue weighted by Gasteiger charge is -2.34. The van der Waals surface area contributed by atoms with Gasteiger partial charge in [-0.05, 0) is 30.0 Å². The van der Waals surface area contributed by atoms with Crippen LogP contribution in [0.5, 0.6) is 0 Å². The van der Waals surface area contributed by atoms with Crippen molar-refractivity contribution in [2.24, 2.45) is 11.8 Å². The largest absolute Gasteiger partial charge is 0.481 e. The highest BCUT2D eigenvalue weighted by molar-refractivity contribution is 5.94. The molecule has 1 aliphatic heterocycles. The van der Waals surface area contributed by atoms with Gasteiger partial charge in [0.25, 0.3) is 5.91 Å². The lowest BCUT2D eigenvalue weighted by molar-refractivity contribution is -0.143. The molecule has 114 valence electrons. The minimum Gasteiger partial charge on any atom is -0.481 e. The molecular formula is C16H21NO4. The summed E-state index contributed by atoms with van der Waals surface area (Å²) in [6, 6.07) is 7.29. The fraction of sp³-hybridized carbons (Fsp3) is 0.500. The number of hydrogen-bond donors (Lipinski definition) is 1. The molecule has 0 aliphatic carbocycles. The number of rotatable bonds is 4. The Morgan fingerprint density at radius 2 is 2.14 bits per heavy atom. The molecule has 1 saturated heterocycles. The van der Waals surface area contributed by atoms with Crippen LogP contribution in [0.25, 0.3) is 0 Å². The Balaban J connectivity index is 2.14.